The second-order valence-electron chi connectivity index (χ2n) is 5.58. The zero-order chi connectivity index (χ0) is 14.7. The zero-order valence-electron chi connectivity index (χ0n) is 13.2. The summed E-state index contributed by atoms with van der Waals surface area (Å²) >= 11 is 0. The Labute approximate surface area is 122 Å². The summed E-state index contributed by atoms with van der Waals surface area (Å²) in [7, 11) is 2.02. The highest BCUT2D eigenvalue weighted by Crippen LogP contribution is 2.27. The minimum atomic E-state index is 0.309. The van der Waals surface area contributed by atoms with E-state index in [0.717, 1.165) is 18.6 Å². The number of nitrogens with one attached hydrogen (secondary N) is 1. The van der Waals surface area contributed by atoms with Gasteiger partial charge in [-0.2, -0.15) is 0 Å². The molecule has 0 saturated carbocycles. The van der Waals surface area contributed by atoms with Gasteiger partial charge < -0.3 is 9.73 Å². The molecule has 1 aromatic carbocycles. The van der Waals surface area contributed by atoms with Crippen molar-refractivity contribution in [1.29, 1.82) is 0 Å². The molecule has 2 nitrogen and oxygen atoms in total. The van der Waals surface area contributed by atoms with Crippen molar-refractivity contribution in [3.8, 4) is 0 Å². The molecule has 2 heteroatoms. The number of aryl methyl sites for hydroxylation is 4. The molecular weight excluding hydrogens is 246 g/mol. The molecule has 1 atom stereocenters. The Morgan fingerprint density at radius 2 is 1.80 bits per heavy atom. The van der Waals surface area contributed by atoms with Crippen molar-refractivity contribution in [1.82, 2.24) is 5.32 Å². The van der Waals surface area contributed by atoms with Gasteiger partial charge >= 0.3 is 0 Å². The summed E-state index contributed by atoms with van der Waals surface area (Å²) in [5.74, 6) is 1.09. The Bertz CT molecular complexity index is 560. The van der Waals surface area contributed by atoms with Crippen molar-refractivity contribution >= 4 is 0 Å². The SMILES string of the molecule is CCc1occc1C(Cc1c(C)cc(C)cc1C)NC. The molecular formula is C18H25NO. The first-order valence-electron chi connectivity index (χ1n) is 7.37. The second kappa shape index (κ2) is 6.27. The van der Waals surface area contributed by atoms with Crippen LogP contribution >= 0.6 is 0 Å². The van der Waals surface area contributed by atoms with Crippen LogP contribution in [0.1, 0.15) is 46.5 Å². The van der Waals surface area contributed by atoms with Gasteiger partial charge in [0.1, 0.15) is 5.76 Å². The van der Waals surface area contributed by atoms with Crippen LogP contribution in [0.2, 0.25) is 0 Å². The smallest absolute Gasteiger partial charge is 0.108 e. The van der Waals surface area contributed by atoms with E-state index in [1.165, 1.54) is 27.8 Å². The third-order valence-corrected chi connectivity index (χ3v) is 4.07. The first-order chi connectivity index (χ1) is 9.56. The predicted molar refractivity (Wildman–Crippen MR) is 84.2 cm³/mol. The molecule has 0 saturated heterocycles. The molecule has 1 N–H and O–H groups in total. The highest BCUT2D eigenvalue weighted by Gasteiger charge is 2.17. The van der Waals surface area contributed by atoms with Crippen LogP contribution in [-0.4, -0.2) is 7.05 Å². The van der Waals surface area contributed by atoms with Crippen molar-refractivity contribution in [2.24, 2.45) is 0 Å². The van der Waals surface area contributed by atoms with Gasteiger partial charge in [-0.05, 0) is 57.0 Å². The molecule has 0 fully saturated rings. The predicted octanol–water partition coefficient (Wildman–Crippen LogP) is 4.27. The lowest BCUT2D eigenvalue weighted by molar-refractivity contribution is 0.495. The molecule has 20 heavy (non-hydrogen) atoms. The van der Waals surface area contributed by atoms with Crippen molar-refractivity contribution in [2.75, 3.05) is 7.05 Å². The summed E-state index contributed by atoms with van der Waals surface area (Å²) in [6.45, 7) is 8.71. The Balaban J connectivity index is 2.32. The molecule has 0 amide bonds. The van der Waals surface area contributed by atoms with E-state index in [-0.39, 0.29) is 0 Å². The number of likely N-dealkylation sites (N-methyl/N-ethyl adjacent to an activating group) is 1. The third-order valence-electron chi connectivity index (χ3n) is 4.07. The Morgan fingerprint density at radius 3 is 2.35 bits per heavy atom. The number of rotatable bonds is 5. The van der Waals surface area contributed by atoms with Crippen molar-refractivity contribution in [3.63, 3.8) is 0 Å². The van der Waals surface area contributed by atoms with Gasteiger partial charge in [0.05, 0.1) is 6.26 Å². The zero-order valence-corrected chi connectivity index (χ0v) is 13.2. The van der Waals surface area contributed by atoms with Crippen molar-refractivity contribution < 1.29 is 4.42 Å². The molecule has 0 aliphatic rings. The van der Waals surface area contributed by atoms with Gasteiger partial charge in [-0.15, -0.1) is 0 Å². The topological polar surface area (TPSA) is 25.2 Å². The van der Waals surface area contributed by atoms with E-state index in [4.69, 9.17) is 4.42 Å². The molecule has 108 valence electrons. The molecule has 2 aromatic rings. The molecule has 2 rings (SSSR count). The first kappa shape index (κ1) is 14.9. The lowest BCUT2D eigenvalue weighted by Gasteiger charge is -2.19. The highest BCUT2D eigenvalue weighted by molar-refractivity contribution is 5.39. The lowest BCUT2D eigenvalue weighted by Crippen LogP contribution is -2.20. The van der Waals surface area contributed by atoms with Crippen LogP contribution in [-0.2, 0) is 12.8 Å². The van der Waals surface area contributed by atoms with Gasteiger partial charge in [-0.1, -0.05) is 24.6 Å². The maximum absolute atomic E-state index is 5.57. The summed E-state index contributed by atoms with van der Waals surface area (Å²) in [6.07, 6.45) is 3.74. The van der Waals surface area contributed by atoms with Crippen molar-refractivity contribution in [3.05, 3.63) is 58.0 Å². The molecule has 0 aliphatic heterocycles. The minimum Gasteiger partial charge on any atom is -0.469 e. The van der Waals surface area contributed by atoms with E-state index in [1.54, 1.807) is 6.26 Å². The molecule has 0 aliphatic carbocycles. The minimum absolute atomic E-state index is 0.309. The highest BCUT2D eigenvalue weighted by atomic mass is 16.3. The summed E-state index contributed by atoms with van der Waals surface area (Å²) in [5.41, 5.74) is 6.82. The lowest BCUT2D eigenvalue weighted by atomic mass is 9.91. The van der Waals surface area contributed by atoms with E-state index in [0.29, 0.717) is 6.04 Å². The monoisotopic (exact) mass is 271 g/mol. The van der Waals surface area contributed by atoms with Gasteiger partial charge in [0.2, 0.25) is 0 Å². The van der Waals surface area contributed by atoms with Gasteiger partial charge in [-0.3, -0.25) is 0 Å². The molecule has 0 spiro atoms. The standard InChI is InChI=1S/C18H25NO/c1-6-18-15(7-8-20-18)17(19-5)11-16-13(3)9-12(2)10-14(16)4/h7-10,17,19H,6,11H2,1-5H3. The summed E-state index contributed by atoms with van der Waals surface area (Å²) in [5, 5.41) is 3.44. The summed E-state index contributed by atoms with van der Waals surface area (Å²) in [6, 6.07) is 6.94. The second-order valence-corrected chi connectivity index (χ2v) is 5.58. The van der Waals surface area contributed by atoms with Crippen molar-refractivity contribution in [2.45, 2.75) is 46.6 Å². The van der Waals surface area contributed by atoms with Crippen LogP contribution in [0, 0.1) is 20.8 Å². The maximum atomic E-state index is 5.57. The molecule has 1 heterocycles. The van der Waals surface area contributed by atoms with Gasteiger partial charge in [0, 0.05) is 18.0 Å². The third kappa shape index (κ3) is 2.96. The quantitative estimate of drug-likeness (QED) is 0.878. The fourth-order valence-electron chi connectivity index (χ4n) is 3.05. The largest absolute Gasteiger partial charge is 0.469 e. The Morgan fingerprint density at radius 1 is 1.15 bits per heavy atom. The fraction of sp³-hybridized carbons (Fsp3) is 0.444. The number of benzene rings is 1. The van der Waals surface area contributed by atoms with Gasteiger partial charge in [0.15, 0.2) is 0 Å². The van der Waals surface area contributed by atoms with Gasteiger partial charge in [0.25, 0.3) is 0 Å². The normalized spacial score (nSPS) is 12.7. The first-order valence-corrected chi connectivity index (χ1v) is 7.37. The van der Waals surface area contributed by atoms with Crippen LogP contribution in [0.5, 0.6) is 0 Å². The average molecular weight is 271 g/mol. The number of hydrogen-bond acceptors (Lipinski definition) is 2. The number of hydrogen-bond donors (Lipinski definition) is 1. The molecule has 0 bridgehead atoms. The van der Waals surface area contributed by atoms with Crippen LogP contribution in [0.3, 0.4) is 0 Å². The van der Waals surface area contributed by atoms with E-state index < -0.39 is 0 Å². The summed E-state index contributed by atoms with van der Waals surface area (Å²) < 4.78 is 5.57. The molecule has 1 unspecified atom stereocenters. The van der Waals surface area contributed by atoms with Gasteiger partial charge in [-0.25, -0.2) is 0 Å². The van der Waals surface area contributed by atoms with Crippen LogP contribution in [0.25, 0.3) is 0 Å². The molecule has 0 radical (unpaired) electrons. The van der Waals surface area contributed by atoms with E-state index in [1.807, 2.05) is 7.05 Å². The molecule has 1 aromatic heterocycles. The van der Waals surface area contributed by atoms with Crippen LogP contribution in [0.4, 0.5) is 0 Å². The average Bonchev–Trinajstić information content (AvgIpc) is 2.86. The van der Waals surface area contributed by atoms with Crippen LogP contribution < -0.4 is 5.32 Å². The van der Waals surface area contributed by atoms with E-state index >= 15 is 0 Å². The number of furan rings is 1. The van der Waals surface area contributed by atoms with Crippen LogP contribution in [0.15, 0.2) is 28.9 Å². The van der Waals surface area contributed by atoms with E-state index in [2.05, 4.69) is 51.2 Å². The fourth-order valence-corrected chi connectivity index (χ4v) is 3.05. The Hall–Kier alpha value is -1.54. The maximum Gasteiger partial charge on any atom is 0.108 e. The summed E-state index contributed by atoms with van der Waals surface area (Å²) in [4.78, 5) is 0. The van der Waals surface area contributed by atoms with E-state index in [9.17, 15) is 0 Å². The Kier molecular flexibility index (Phi) is 4.66.